The first-order valence-corrected chi connectivity index (χ1v) is 7.79. The van der Waals surface area contributed by atoms with E-state index < -0.39 is 0 Å². The van der Waals surface area contributed by atoms with Crippen LogP contribution in [0.25, 0.3) is 0 Å². The highest BCUT2D eigenvalue weighted by molar-refractivity contribution is 5.12. The van der Waals surface area contributed by atoms with Gasteiger partial charge in [0.05, 0.1) is 6.54 Å². The van der Waals surface area contributed by atoms with Gasteiger partial charge in [-0.3, -0.25) is 4.68 Å². The molecule has 4 fully saturated rings. The third-order valence-electron chi connectivity index (χ3n) is 5.70. The number of nitrogens with zero attached hydrogens (tertiary/aromatic N) is 3. The molecule has 5 rings (SSSR count). The van der Waals surface area contributed by atoms with Gasteiger partial charge in [-0.2, -0.15) is 5.10 Å². The van der Waals surface area contributed by atoms with Gasteiger partial charge in [0.2, 0.25) is 0 Å². The maximum atomic E-state index is 4.83. The van der Waals surface area contributed by atoms with E-state index in [1.807, 2.05) is 7.05 Å². The van der Waals surface area contributed by atoms with E-state index >= 15 is 0 Å². The molecule has 4 heteroatoms. The molecule has 4 saturated carbocycles. The van der Waals surface area contributed by atoms with Crippen LogP contribution in [-0.2, 0) is 13.6 Å². The number of aromatic nitrogens is 3. The van der Waals surface area contributed by atoms with Crippen LogP contribution in [-0.4, -0.2) is 21.8 Å². The molecule has 0 aliphatic heterocycles. The molecular weight excluding hydrogens is 236 g/mol. The standard InChI is InChI=1S/C15H24N4/c1-16-8-13-17-15(19(2)18-13)14-11-4-9-3-10(6-11)7-12(14)5-9/h9-12,14,16H,3-8H2,1-2H3. The van der Waals surface area contributed by atoms with Crippen molar-refractivity contribution >= 4 is 0 Å². The Hall–Kier alpha value is -0.900. The largest absolute Gasteiger partial charge is 0.313 e. The average molecular weight is 260 g/mol. The molecule has 4 nitrogen and oxygen atoms in total. The van der Waals surface area contributed by atoms with Gasteiger partial charge in [-0.05, 0) is 62.8 Å². The maximum absolute atomic E-state index is 4.83. The van der Waals surface area contributed by atoms with E-state index in [2.05, 4.69) is 22.1 Å². The summed E-state index contributed by atoms with van der Waals surface area (Å²) in [6.45, 7) is 0.779. The van der Waals surface area contributed by atoms with Gasteiger partial charge in [-0.1, -0.05) is 0 Å². The molecule has 0 saturated heterocycles. The van der Waals surface area contributed by atoms with Crippen LogP contribution in [0.3, 0.4) is 0 Å². The Morgan fingerprint density at radius 1 is 1.11 bits per heavy atom. The van der Waals surface area contributed by atoms with Gasteiger partial charge in [0.15, 0.2) is 5.82 Å². The highest BCUT2D eigenvalue weighted by atomic mass is 15.3. The first kappa shape index (κ1) is 11.9. The third-order valence-corrected chi connectivity index (χ3v) is 5.70. The summed E-state index contributed by atoms with van der Waals surface area (Å²) in [7, 11) is 4.03. The van der Waals surface area contributed by atoms with E-state index in [4.69, 9.17) is 4.98 Å². The van der Waals surface area contributed by atoms with Gasteiger partial charge in [-0.25, -0.2) is 4.98 Å². The number of hydrogen-bond donors (Lipinski definition) is 1. The highest BCUT2D eigenvalue weighted by Gasteiger charge is 2.50. The van der Waals surface area contributed by atoms with Gasteiger partial charge in [0, 0.05) is 13.0 Å². The van der Waals surface area contributed by atoms with Gasteiger partial charge >= 0.3 is 0 Å². The van der Waals surface area contributed by atoms with Crippen molar-refractivity contribution < 1.29 is 0 Å². The second-order valence-electron chi connectivity index (χ2n) is 7.00. The van der Waals surface area contributed by atoms with Crippen molar-refractivity contribution in [2.24, 2.45) is 30.7 Å². The Kier molecular flexibility index (Phi) is 2.69. The first-order chi connectivity index (χ1) is 9.24. The molecule has 0 spiro atoms. The van der Waals surface area contributed by atoms with Crippen molar-refractivity contribution in [2.75, 3.05) is 7.05 Å². The molecule has 0 aromatic carbocycles. The van der Waals surface area contributed by atoms with Gasteiger partial charge in [0.25, 0.3) is 0 Å². The number of aryl methyl sites for hydroxylation is 1. The lowest BCUT2D eigenvalue weighted by Gasteiger charge is -2.53. The molecule has 19 heavy (non-hydrogen) atoms. The molecule has 0 radical (unpaired) electrons. The Morgan fingerprint density at radius 2 is 1.74 bits per heavy atom. The maximum Gasteiger partial charge on any atom is 0.164 e. The Morgan fingerprint density at radius 3 is 2.32 bits per heavy atom. The molecule has 1 aromatic heterocycles. The van der Waals surface area contributed by atoms with Crippen LogP contribution in [0.2, 0.25) is 0 Å². The van der Waals surface area contributed by atoms with Crippen molar-refractivity contribution in [3.63, 3.8) is 0 Å². The minimum absolute atomic E-state index is 0.691. The van der Waals surface area contributed by atoms with E-state index in [0.29, 0.717) is 5.92 Å². The van der Waals surface area contributed by atoms with Crippen molar-refractivity contribution in [3.05, 3.63) is 11.6 Å². The summed E-state index contributed by atoms with van der Waals surface area (Å²) in [4.78, 5) is 4.83. The Bertz CT molecular complexity index is 450. The van der Waals surface area contributed by atoms with Crippen LogP contribution >= 0.6 is 0 Å². The second-order valence-corrected chi connectivity index (χ2v) is 7.00. The lowest BCUT2D eigenvalue weighted by molar-refractivity contribution is -0.00678. The third kappa shape index (κ3) is 1.83. The van der Waals surface area contributed by atoms with Crippen molar-refractivity contribution in [3.8, 4) is 0 Å². The molecule has 1 N–H and O–H groups in total. The van der Waals surface area contributed by atoms with Crippen LogP contribution in [0, 0.1) is 23.7 Å². The fourth-order valence-corrected chi connectivity index (χ4v) is 5.32. The molecule has 1 aromatic rings. The minimum Gasteiger partial charge on any atom is -0.313 e. The van der Waals surface area contributed by atoms with Crippen LogP contribution in [0.1, 0.15) is 49.7 Å². The number of rotatable bonds is 3. The fraction of sp³-hybridized carbons (Fsp3) is 0.867. The molecule has 4 bridgehead atoms. The molecule has 0 amide bonds. The second kappa shape index (κ2) is 4.30. The van der Waals surface area contributed by atoms with E-state index in [-0.39, 0.29) is 0 Å². The number of nitrogens with one attached hydrogen (secondary N) is 1. The summed E-state index contributed by atoms with van der Waals surface area (Å²) in [5, 5.41) is 7.73. The number of hydrogen-bond acceptors (Lipinski definition) is 3. The predicted octanol–water partition coefficient (Wildman–Crippen LogP) is 2.07. The van der Waals surface area contributed by atoms with E-state index in [9.17, 15) is 0 Å². The van der Waals surface area contributed by atoms with Crippen molar-refractivity contribution in [1.82, 2.24) is 20.1 Å². The van der Waals surface area contributed by atoms with Crippen molar-refractivity contribution in [1.29, 1.82) is 0 Å². The van der Waals surface area contributed by atoms with E-state index in [1.54, 1.807) is 0 Å². The zero-order chi connectivity index (χ0) is 13.0. The Labute approximate surface area is 115 Å². The Balaban J connectivity index is 1.65. The van der Waals surface area contributed by atoms with Gasteiger partial charge < -0.3 is 5.32 Å². The highest BCUT2D eigenvalue weighted by Crippen LogP contribution is 2.59. The summed E-state index contributed by atoms with van der Waals surface area (Å²) in [6.07, 6.45) is 7.32. The minimum atomic E-state index is 0.691. The fourth-order valence-electron chi connectivity index (χ4n) is 5.32. The zero-order valence-electron chi connectivity index (χ0n) is 12.0. The molecule has 4 aliphatic carbocycles. The van der Waals surface area contributed by atoms with Gasteiger partial charge in [0.1, 0.15) is 5.82 Å². The lowest BCUT2D eigenvalue weighted by atomic mass is 9.51. The summed E-state index contributed by atoms with van der Waals surface area (Å²) < 4.78 is 2.06. The summed E-state index contributed by atoms with van der Waals surface area (Å²) in [5.74, 6) is 6.75. The molecule has 104 valence electrons. The quantitative estimate of drug-likeness (QED) is 0.904. The summed E-state index contributed by atoms with van der Waals surface area (Å²) >= 11 is 0. The molecule has 1 heterocycles. The van der Waals surface area contributed by atoms with Crippen molar-refractivity contribution in [2.45, 2.75) is 44.6 Å². The van der Waals surface area contributed by atoms with Crippen LogP contribution in [0.15, 0.2) is 0 Å². The summed E-state index contributed by atoms with van der Waals surface area (Å²) in [6, 6.07) is 0. The van der Waals surface area contributed by atoms with Gasteiger partial charge in [-0.15, -0.1) is 0 Å². The normalized spacial score (nSPS) is 40.0. The summed E-state index contributed by atoms with van der Waals surface area (Å²) in [5.41, 5.74) is 0. The smallest absolute Gasteiger partial charge is 0.164 e. The molecule has 0 unspecified atom stereocenters. The predicted molar refractivity (Wildman–Crippen MR) is 73.6 cm³/mol. The molecule has 4 aliphatic rings. The SMILES string of the molecule is CNCc1nc(C2C3CC4CC(C3)CC2C4)n(C)n1. The lowest BCUT2D eigenvalue weighted by Crippen LogP contribution is -2.44. The molecule has 0 atom stereocenters. The average Bonchev–Trinajstić information content (AvgIpc) is 2.69. The van der Waals surface area contributed by atoms with Crippen LogP contribution < -0.4 is 5.32 Å². The topological polar surface area (TPSA) is 42.7 Å². The monoisotopic (exact) mass is 260 g/mol. The van der Waals surface area contributed by atoms with E-state index in [0.717, 1.165) is 36.0 Å². The van der Waals surface area contributed by atoms with E-state index in [1.165, 1.54) is 37.9 Å². The zero-order valence-corrected chi connectivity index (χ0v) is 12.0. The first-order valence-electron chi connectivity index (χ1n) is 7.79. The molecular formula is C15H24N4. The van der Waals surface area contributed by atoms with Crippen LogP contribution in [0.5, 0.6) is 0 Å². The van der Waals surface area contributed by atoms with Crippen LogP contribution in [0.4, 0.5) is 0 Å².